The molecule has 1 amide bonds. The van der Waals surface area contributed by atoms with Gasteiger partial charge in [-0.25, -0.2) is 9.59 Å². The Morgan fingerprint density at radius 1 is 1.15 bits per heavy atom. The van der Waals surface area contributed by atoms with E-state index < -0.39 is 12.1 Å². The Balaban J connectivity index is 1.53. The van der Waals surface area contributed by atoms with Crippen molar-refractivity contribution in [3.8, 4) is 0 Å². The van der Waals surface area contributed by atoms with E-state index in [0.29, 0.717) is 12.2 Å². The van der Waals surface area contributed by atoms with E-state index in [0.717, 1.165) is 24.8 Å². The number of carboxylic acid groups (broad SMARTS) is 1. The molecule has 3 rings (SSSR count). The van der Waals surface area contributed by atoms with Gasteiger partial charge in [-0.05, 0) is 30.4 Å². The molecule has 2 heterocycles. The summed E-state index contributed by atoms with van der Waals surface area (Å²) < 4.78 is 16.5. The molecule has 1 aromatic carbocycles. The Morgan fingerprint density at radius 2 is 1.96 bits per heavy atom. The van der Waals surface area contributed by atoms with Gasteiger partial charge in [-0.15, -0.1) is 0 Å². The number of rotatable bonds is 6. The minimum atomic E-state index is -1.04. The monoisotopic (exact) mass is 361 g/mol. The van der Waals surface area contributed by atoms with Crippen LogP contribution in [0.25, 0.3) is 0 Å². The van der Waals surface area contributed by atoms with Gasteiger partial charge in [0.05, 0.1) is 18.7 Å². The first-order chi connectivity index (χ1) is 12.6. The van der Waals surface area contributed by atoms with Crippen LogP contribution in [0.1, 0.15) is 24.8 Å². The molecule has 0 aromatic heterocycles. The third-order valence-electron chi connectivity index (χ3n) is 4.46. The standard InChI is InChI=1S/C19H23NO6/c21-18(22)16-11-20(19(23)26-12-14-6-2-1-3-7-14)10-15(16)13-25-17-8-4-5-9-24-17/h1-3,6-7,17H,4-5,8-13H2,(H,21,22). The molecule has 7 heteroatoms. The lowest BCUT2D eigenvalue weighted by Gasteiger charge is -2.23. The molecule has 1 aromatic rings. The van der Waals surface area contributed by atoms with E-state index in [2.05, 4.69) is 0 Å². The minimum Gasteiger partial charge on any atom is -0.478 e. The van der Waals surface area contributed by atoms with Crippen molar-refractivity contribution >= 4 is 12.1 Å². The van der Waals surface area contributed by atoms with Crippen LogP contribution < -0.4 is 0 Å². The molecular weight excluding hydrogens is 338 g/mol. The summed E-state index contributed by atoms with van der Waals surface area (Å²) in [7, 11) is 0. The molecule has 1 saturated heterocycles. The van der Waals surface area contributed by atoms with Crippen LogP contribution in [0.5, 0.6) is 0 Å². The van der Waals surface area contributed by atoms with Gasteiger partial charge in [0, 0.05) is 13.2 Å². The highest BCUT2D eigenvalue weighted by Crippen LogP contribution is 2.22. The first-order valence-corrected chi connectivity index (χ1v) is 8.76. The molecule has 2 aliphatic heterocycles. The maximum atomic E-state index is 12.3. The number of aliphatic carboxylic acids is 1. The third-order valence-corrected chi connectivity index (χ3v) is 4.46. The molecule has 7 nitrogen and oxygen atoms in total. The molecule has 0 bridgehead atoms. The predicted molar refractivity (Wildman–Crippen MR) is 92.4 cm³/mol. The fourth-order valence-corrected chi connectivity index (χ4v) is 3.01. The second-order valence-electron chi connectivity index (χ2n) is 6.39. The van der Waals surface area contributed by atoms with E-state index in [9.17, 15) is 14.7 Å². The second-order valence-corrected chi connectivity index (χ2v) is 6.39. The smallest absolute Gasteiger partial charge is 0.410 e. The van der Waals surface area contributed by atoms with E-state index in [4.69, 9.17) is 14.2 Å². The lowest BCUT2D eigenvalue weighted by Crippen LogP contribution is -2.31. The Kier molecular flexibility index (Phi) is 6.25. The van der Waals surface area contributed by atoms with Gasteiger partial charge in [0.2, 0.25) is 0 Å². The maximum absolute atomic E-state index is 12.3. The van der Waals surface area contributed by atoms with E-state index in [1.165, 1.54) is 4.90 Å². The van der Waals surface area contributed by atoms with Crippen LogP contribution in [0.4, 0.5) is 4.79 Å². The first-order valence-electron chi connectivity index (χ1n) is 8.76. The Hall–Kier alpha value is -2.38. The molecule has 1 N–H and O–H groups in total. The summed E-state index contributed by atoms with van der Waals surface area (Å²) in [5.74, 6) is -1.04. The summed E-state index contributed by atoms with van der Waals surface area (Å²) in [6.45, 7) is 1.18. The van der Waals surface area contributed by atoms with Gasteiger partial charge < -0.3 is 19.3 Å². The fraction of sp³-hybridized carbons (Fsp3) is 0.474. The van der Waals surface area contributed by atoms with E-state index in [1.807, 2.05) is 30.3 Å². The van der Waals surface area contributed by atoms with Gasteiger partial charge in [-0.3, -0.25) is 4.90 Å². The molecule has 0 aliphatic carbocycles. The van der Waals surface area contributed by atoms with Crippen molar-refractivity contribution in [1.82, 2.24) is 4.90 Å². The van der Waals surface area contributed by atoms with Crippen molar-refractivity contribution < 1.29 is 28.9 Å². The molecule has 0 saturated carbocycles. The number of hydrogen-bond acceptors (Lipinski definition) is 5. The molecule has 0 radical (unpaired) electrons. The van der Waals surface area contributed by atoms with Crippen LogP contribution in [0, 0.1) is 0 Å². The largest absolute Gasteiger partial charge is 0.478 e. The van der Waals surface area contributed by atoms with Gasteiger partial charge in [0.1, 0.15) is 6.61 Å². The van der Waals surface area contributed by atoms with Crippen molar-refractivity contribution in [2.45, 2.75) is 32.2 Å². The summed E-state index contributed by atoms with van der Waals surface area (Å²) in [5, 5.41) is 9.40. The van der Waals surface area contributed by atoms with Gasteiger partial charge >= 0.3 is 12.1 Å². The van der Waals surface area contributed by atoms with Crippen LogP contribution in [0.15, 0.2) is 41.5 Å². The van der Waals surface area contributed by atoms with Crippen LogP contribution in [0.3, 0.4) is 0 Å². The van der Waals surface area contributed by atoms with E-state index in [1.54, 1.807) is 0 Å². The zero-order valence-electron chi connectivity index (χ0n) is 14.6. The van der Waals surface area contributed by atoms with Crippen molar-refractivity contribution in [3.63, 3.8) is 0 Å². The average Bonchev–Trinajstić information content (AvgIpc) is 3.11. The van der Waals surface area contributed by atoms with Crippen LogP contribution in [-0.2, 0) is 25.6 Å². The fourth-order valence-electron chi connectivity index (χ4n) is 3.01. The summed E-state index contributed by atoms with van der Waals surface area (Å²) in [4.78, 5) is 25.1. The molecular formula is C19H23NO6. The lowest BCUT2D eigenvalue weighted by atomic mass is 10.1. The van der Waals surface area contributed by atoms with Crippen LogP contribution in [0.2, 0.25) is 0 Å². The van der Waals surface area contributed by atoms with Gasteiger partial charge in [-0.1, -0.05) is 30.3 Å². The van der Waals surface area contributed by atoms with E-state index in [-0.39, 0.29) is 38.2 Å². The summed E-state index contributed by atoms with van der Waals surface area (Å²) in [5.41, 5.74) is 1.66. The van der Waals surface area contributed by atoms with Gasteiger partial charge in [0.25, 0.3) is 0 Å². The number of nitrogens with zero attached hydrogens (tertiary/aromatic N) is 1. The minimum absolute atomic E-state index is 0.0210. The molecule has 0 spiro atoms. The molecule has 1 atom stereocenters. The number of ether oxygens (including phenoxy) is 3. The maximum Gasteiger partial charge on any atom is 0.410 e. The number of carbonyl (C=O) groups is 2. The number of hydrogen-bond donors (Lipinski definition) is 1. The van der Waals surface area contributed by atoms with Gasteiger partial charge in [-0.2, -0.15) is 0 Å². The SMILES string of the molecule is O=C(O)C1=C(COC2CCCCO2)CN(C(=O)OCc2ccccc2)C1. The highest BCUT2D eigenvalue weighted by Gasteiger charge is 2.31. The molecule has 26 heavy (non-hydrogen) atoms. The Morgan fingerprint density at radius 3 is 2.65 bits per heavy atom. The highest BCUT2D eigenvalue weighted by atomic mass is 16.7. The van der Waals surface area contributed by atoms with Crippen LogP contribution >= 0.6 is 0 Å². The number of benzene rings is 1. The topological polar surface area (TPSA) is 85.3 Å². The summed E-state index contributed by atoms with van der Waals surface area (Å²) in [6.07, 6.45) is 2.03. The van der Waals surface area contributed by atoms with Crippen molar-refractivity contribution in [2.24, 2.45) is 0 Å². The molecule has 140 valence electrons. The second kappa shape index (κ2) is 8.82. The summed E-state index contributed by atoms with van der Waals surface area (Å²) in [6, 6.07) is 9.35. The lowest BCUT2D eigenvalue weighted by molar-refractivity contribution is -0.157. The van der Waals surface area contributed by atoms with Crippen molar-refractivity contribution in [1.29, 1.82) is 0 Å². The quantitative estimate of drug-likeness (QED) is 0.838. The van der Waals surface area contributed by atoms with Crippen LogP contribution in [-0.4, -0.2) is 54.7 Å². The Bertz CT molecular complexity index is 666. The predicted octanol–water partition coefficient (Wildman–Crippen LogP) is 2.56. The normalized spacial score (nSPS) is 20.3. The molecule has 2 aliphatic rings. The van der Waals surface area contributed by atoms with Crippen molar-refractivity contribution in [2.75, 3.05) is 26.3 Å². The zero-order valence-corrected chi connectivity index (χ0v) is 14.6. The molecule has 1 fully saturated rings. The summed E-state index contributed by atoms with van der Waals surface area (Å²) >= 11 is 0. The van der Waals surface area contributed by atoms with Crippen molar-refractivity contribution in [3.05, 3.63) is 47.0 Å². The number of amides is 1. The Labute approximate surface area is 152 Å². The number of carbonyl (C=O) groups excluding carboxylic acids is 1. The first kappa shape index (κ1) is 18.4. The zero-order chi connectivity index (χ0) is 18.4. The third kappa shape index (κ3) is 4.83. The van der Waals surface area contributed by atoms with Gasteiger partial charge in [0.15, 0.2) is 6.29 Å². The highest BCUT2D eigenvalue weighted by molar-refractivity contribution is 5.90. The van der Waals surface area contributed by atoms with E-state index >= 15 is 0 Å². The number of carboxylic acids is 1. The average molecular weight is 361 g/mol. The molecule has 1 unspecified atom stereocenters.